The normalized spacial score (nSPS) is 11.8. The maximum Gasteiger partial charge on any atom is 0.270 e. The van der Waals surface area contributed by atoms with Crippen LogP contribution in [0.2, 0.25) is 0 Å². The number of hydrogen-bond acceptors (Lipinski definition) is 5. The minimum absolute atomic E-state index is 0.137. The van der Waals surface area contributed by atoms with E-state index in [0.717, 1.165) is 31.9 Å². The Balaban J connectivity index is 1.95. The lowest BCUT2D eigenvalue weighted by Gasteiger charge is -2.17. The Hall–Kier alpha value is -2.87. The Morgan fingerprint density at radius 3 is 2.55 bits per heavy atom. The first kappa shape index (κ1) is 20.9. The molecule has 154 valence electrons. The fourth-order valence-corrected chi connectivity index (χ4v) is 3.01. The molecule has 0 bridgehead atoms. The Labute approximate surface area is 169 Å². The molecule has 1 N–H and O–H groups in total. The third kappa shape index (κ3) is 5.57. The van der Waals surface area contributed by atoms with E-state index in [2.05, 4.69) is 32.0 Å². The highest BCUT2D eigenvalue weighted by Gasteiger charge is 2.26. The summed E-state index contributed by atoms with van der Waals surface area (Å²) in [5.41, 5.74) is 2.09. The van der Waals surface area contributed by atoms with Gasteiger partial charge in [0.05, 0.1) is 24.3 Å². The molecule has 0 amide bonds. The molecule has 29 heavy (non-hydrogen) atoms. The van der Waals surface area contributed by atoms with Gasteiger partial charge >= 0.3 is 0 Å². The molecule has 2 aromatic heterocycles. The number of alkyl halides is 2. The van der Waals surface area contributed by atoms with Gasteiger partial charge in [0.1, 0.15) is 12.1 Å². The first-order chi connectivity index (χ1) is 13.9. The molecule has 6 nitrogen and oxygen atoms in total. The van der Waals surface area contributed by atoms with Crippen LogP contribution in [0.25, 0.3) is 11.3 Å². The summed E-state index contributed by atoms with van der Waals surface area (Å²) in [5, 5.41) is 7.09. The summed E-state index contributed by atoms with van der Waals surface area (Å²) in [6.07, 6.45) is 8.28. The SMILES string of the molecule is CCCCN(C)Cc1cn[nH]c1-c1cc(Oc2cncnc2)cc(C(C)(F)F)c1. The fraction of sp³-hybridized carbons (Fsp3) is 0.381. The van der Waals surface area contributed by atoms with E-state index >= 15 is 0 Å². The molecule has 2 heterocycles. The van der Waals surface area contributed by atoms with Crippen LogP contribution in [-0.2, 0) is 12.5 Å². The number of H-pyrrole nitrogens is 1. The predicted molar refractivity (Wildman–Crippen MR) is 107 cm³/mol. The summed E-state index contributed by atoms with van der Waals surface area (Å²) in [6, 6.07) is 4.52. The van der Waals surface area contributed by atoms with Crippen LogP contribution in [0.5, 0.6) is 11.5 Å². The van der Waals surface area contributed by atoms with Gasteiger partial charge in [-0.3, -0.25) is 5.10 Å². The van der Waals surface area contributed by atoms with Crippen molar-refractivity contribution in [2.75, 3.05) is 13.6 Å². The number of nitrogens with one attached hydrogen (secondary N) is 1. The van der Waals surface area contributed by atoms with Crippen molar-refractivity contribution in [1.29, 1.82) is 0 Å². The van der Waals surface area contributed by atoms with Crippen molar-refractivity contribution >= 4 is 0 Å². The number of aromatic amines is 1. The van der Waals surface area contributed by atoms with Gasteiger partial charge in [0, 0.05) is 30.2 Å². The average Bonchev–Trinajstić information content (AvgIpc) is 3.14. The van der Waals surface area contributed by atoms with Crippen molar-refractivity contribution in [3.63, 3.8) is 0 Å². The summed E-state index contributed by atoms with van der Waals surface area (Å²) < 4.78 is 34.0. The summed E-state index contributed by atoms with van der Waals surface area (Å²) in [6.45, 7) is 4.64. The van der Waals surface area contributed by atoms with Crippen molar-refractivity contribution in [1.82, 2.24) is 25.1 Å². The van der Waals surface area contributed by atoms with Gasteiger partial charge in [-0.05, 0) is 38.2 Å². The number of hydrogen-bond donors (Lipinski definition) is 1. The second-order valence-electron chi connectivity index (χ2n) is 7.17. The average molecular weight is 401 g/mol. The van der Waals surface area contributed by atoms with Crippen LogP contribution in [0.3, 0.4) is 0 Å². The van der Waals surface area contributed by atoms with Gasteiger partial charge in [-0.15, -0.1) is 0 Å². The van der Waals surface area contributed by atoms with E-state index in [1.54, 1.807) is 12.3 Å². The number of halogens is 2. The predicted octanol–water partition coefficient (Wildman–Crippen LogP) is 5.00. The molecule has 8 heteroatoms. The molecule has 0 aliphatic heterocycles. The monoisotopic (exact) mass is 401 g/mol. The van der Waals surface area contributed by atoms with Crippen LogP contribution in [-0.4, -0.2) is 38.7 Å². The van der Waals surface area contributed by atoms with Gasteiger partial charge in [0.2, 0.25) is 0 Å². The smallest absolute Gasteiger partial charge is 0.270 e. The lowest BCUT2D eigenvalue weighted by Crippen LogP contribution is -2.19. The zero-order valence-electron chi connectivity index (χ0n) is 16.8. The van der Waals surface area contributed by atoms with Crippen molar-refractivity contribution in [3.8, 4) is 22.8 Å². The van der Waals surface area contributed by atoms with Gasteiger partial charge < -0.3 is 9.64 Å². The summed E-state index contributed by atoms with van der Waals surface area (Å²) >= 11 is 0. The maximum atomic E-state index is 14.1. The van der Waals surface area contributed by atoms with E-state index in [1.165, 1.54) is 30.9 Å². The van der Waals surface area contributed by atoms with E-state index in [1.807, 2.05) is 7.05 Å². The second kappa shape index (κ2) is 9.09. The fourth-order valence-electron chi connectivity index (χ4n) is 3.01. The Kier molecular flexibility index (Phi) is 6.53. The van der Waals surface area contributed by atoms with Crippen molar-refractivity contribution in [2.45, 2.75) is 39.2 Å². The van der Waals surface area contributed by atoms with Crippen molar-refractivity contribution in [2.24, 2.45) is 0 Å². The summed E-state index contributed by atoms with van der Waals surface area (Å²) in [7, 11) is 2.03. The lowest BCUT2D eigenvalue weighted by molar-refractivity contribution is 0.0173. The molecule has 0 unspecified atom stereocenters. The van der Waals surface area contributed by atoms with Gasteiger partial charge in [0.15, 0.2) is 5.75 Å². The van der Waals surface area contributed by atoms with Crippen LogP contribution in [0, 0.1) is 0 Å². The topological polar surface area (TPSA) is 66.9 Å². The van der Waals surface area contributed by atoms with E-state index in [9.17, 15) is 8.78 Å². The molecule has 1 aromatic carbocycles. The van der Waals surface area contributed by atoms with Crippen molar-refractivity contribution < 1.29 is 13.5 Å². The molecule has 3 rings (SSSR count). The lowest BCUT2D eigenvalue weighted by atomic mass is 10.0. The highest BCUT2D eigenvalue weighted by Crippen LogP contribution is 2.36. The molecular formula is C21H25F2N5O. The molecule has 3 aromatic rings. The van der Waals surface area contributed by atoms with Crippen LogP contribution < -0.4 is 4.74 Å². The number of benzene rings is 1. The minimum Gasteiger partial charge on any atom is -0.454 e. The number of aromatic nitrogens is 4. The molecule has 0 fully saturated rings. The third-order valence-corrected chi connectivity index (χ3v) is 4.53. The van der Waals surface area contributed by atoms with E-state index in [0.29, 0.717) is 23.6 Å². The van der Waals surface area contributed by atoms with Gasteiger partial charge in [0.25, 0.3) is 5.92 Å². The van der Waals surface area contributed by atoms with Crippen LogP contribution in [0.15, 0.2) is 43.1 Å². The largest absolute Gasteiger partial charge is 0.454 e. The number of ether oxygens (including phenoxy) is 1. The number of unbranched alkanes of at least 4 members (excludes halogenated alkanes) is 1. The molecular weight excluding hydrogens is 376 g/mol. The molecule has 0 aliphatic rings. The summed E-state index contributed by atoms with van der Waals surface area (Å²) in [5.74, 6) is -2.35. The van der Waals surface area contributed by atoms with Gasteiger partial charge in [-0.2, -0.15) is 5.10 Å². The van der Waals surface area contributed by atoms with Crippen LogP contribution in [0.4, 0.5) is 8.78 Å². The van der Waals surface area contributed by atoms with E-state index in [-0.39, 0.29) is 11.3 Å². The Bertz CT molecular complexity index is 924. The summed E-state index contributed by atoms with van der Waals surface area (Å²) in [4.78, 5) is 9.97. The Morgan fingerprint density at radius 1 is 1.10 bits per heavy atom. The zero-order chi connectivity index (χ0) is 20.9. The molecule has 0 saturated heterocycles. The van der Waals surface area contributed by atoms with Crippen LogP contribution >= 0.6 is 0 Å². The van der Waals surface area contributed by atoms with Crippen molar-refractivity contribution in [3.05, 3.63) is 54.2 Å². The first-order valence-electron chi connectivity index (χ1n) is 9.54. The number of nitrogens with zero attached hydrogens (tertiary/aromatic N) is 4. The van der Waals surface area contributed by atoms with Gasteiger partial charge in [-0.1, -0.05) is 13.3 Å². The first-order valence-corrected chi connectivity index (χ1v) is 9.54. The number of rotatable bonds is 9. The Morgan fingerprint density at radius 2 is 1.86 bits per heavy atom. The third-order valence-electron chi connectivity index (χ3n) is 4.53. The molecule has 0 saturated carbocycles. The van der Waals surface area contributed by atoms with Crippen LogP contribution in [0.1, 0.15) is 37.8 Å². The van der Waals surface area contributed by atoms with E-state index < -0.39 is 5.92 Å². The second-order valence-corrected chi connectivity index (χ2v) is 7.17. The molecule has 0 aliphatic carbocycles. The van der Waals surface area contributed by atoms with E-state index in [4.69, 9.17) is 4.74 Å². The van der Waals surface area contributed by atoms with Gasteiger partial charge in [-0.25, -0.2) is 18.7 Å². The minimum atomic E-state index is -3.01. The molecule has 0 radical (unpaired) electrons. The quantitative estimate of drug-likeness (QED) is 0.546. The highest BCUT2D eigenvalue weighted by atomic mass is 19.3. The molecule has 0 atom stereocenters. The zero-order valence-corrected chi connectivity index (χ0v) is 16.8. The molecule has 0 spiro atoms. The maximum absolute atomic E-state index is 14.1. The highest BCUT2D eigenvalue weighted by molar-refractivity contribution is 5.66. The standard InChI is InChI=1S/C21H25F2N5O/c1-4-5-6-28(3)13-16-10-26-27-20(16)15-7-17(21(2,22)23)9-18(8-15)29-19-11-24-14-25-12-19/h7-12,14H,4-6,13H2,1-3H3,(H,26,27).